The third-order valence-corrected chi connectivity index (χ3v) is 5.18. The zero-order valence-corrected chi connectivity index (χ0v) is 15.0. The monoisotopic (exact) mass is 375 g/mol. The van der Waals surface area contributed by atoms with Crippen molar-refractivity contribution < 1.29 is 17.7 Å². The summed E-state index contributed by atoms with van der Waals surface area (Å²) < 4.78 is 46.2. The Morgan fingerprint density at radius 3 is 2.89 bits per heavy atom. The highest BCUT2D eigenvalue weighted by Crippen LogP contribution is 2.34. The Morgan fingerprint density at radius 1 is 1.30 bits per heavy atom. The minimum absolute atomic E-state index is 0.00201. The number of alkyl halides is 2. The van der Waals surface area contributed by atoms with Gasteiger partial charge in [-0.1, -0.05) is 23.4 Å². The van der Waals surface area contributed by atoms with Crippen molar-refractivity contribution in [3.63, 3.8) is 0 Å². The maximum Gasteiger partial charge on any atom is 0.264 e. The molecule has 2 aromatic heterocycles. The molecule has 1 saturated heterocycles. The predicted molar refractivity (Wildman–Crippen MR) is 95.2 cm³/mol. The number of pyridine rings is 1. The number of piperidine rings is 1. The van der Waals surface area contributed by atoms with Crippen LogP contribution in [-0.2, 0) is 6.54 Å². The lowest BCUT2D eigenvalue weighted by molar-refractivity contribution is 0.152. The maximum atomic E-state index is 13.9. The number of fused-ring (bicyclic) bond motifs is 1. The molecule has 27 heavy (non-hydrogen) atoms. The Balaban J connectivity index is 1.60. The SMILES string of the molecule is Cc1noc2nc(C3CCCN(Cc4ccccc4F)C3)cc(C(F)F)c12. The second kappa shape index (κ2) is 7.31. The van der Waals surface area contributed by atoms with Gasteiger partial charge in [-0.2, -0.15) is 0 Å². The summed E-state index contributed by atoms with van der Waals surface area (Å²) in [6, 6.07) is 8.19. The van der Waals surface area contributed by atoms with Crippen molar-refractivity contribution in [3.8, 4) is 0 Å². The van der Waals surface area contributed by atoms with Gasteiger partial charge in [0.25, 0.3) is 12.1 Å². The van der Waals surface area contributed by atoms with Gasteiger partial charge >= 0.3 is 0 Å². The van der Waals surface area contributed by atoms with E-state index in [9.17, 15) is 13.2 Å². The Hall–Kier alpha value is -2.41. The maximum absolute atomic E-state index is 13.9. The number of aromatic nitrogens is 2. The third kappa shape index (κ3) is 3.56. The highest BCUT2D eigenvalue weighted by molar-refractivity contribution is 5.80. The summed E-state index contributed by atoms with van der Waals surface area (Å²) in [6.45, 7) is 3.61. The van der Waals surface area contributed by atoms with E-state index in [-0.39, 0.29) is 23.0 Å². The number of halogens is 3. The molecule has 1 aliphatic heterocycles. The van der Waals surface area contributed by atoms with Crippen molar-refractivity contribution in [2.75, 3.05) is 13.1 Å². The molecule has 3 heterocycles. The molecule has 1 aliphatic rings. The molecule has 0 bridgehead atoms. The average Bonchev–Trinajstić information content (AvgIpc) is 3.04. The highest BCUT2D eigenvalue weighted by Gasteiger charge is 2.27. The van der Waals surface area contributed by atoms with Gasteiger partial charge in [0.2, 0.25) is 0 Å². The summed E-state index contributed by atoms with van der Waals surface area (Å²) in [7, 11) is 0. The summed E-state index contributed by atoms with van der Waals surface area (Å²) in [5.74, 6) is -0.228. The molecule has 0 radical (unpaired) electrons. The van der Waals surface area contributed by atoms with Crippen LogP contribution in [0.1, 0.15) is 47.7 Å². The average molecular weight is 375 g/mol. The summed E-state index contributed by atoms with van der Waals surface area (Å²) in [5, 5.41) is 4.08. The molecule has 1 fully saturated rings. The first-order valence-corrected chi connectivity index (χ1v) is 9.03. The first-order chi connectivity index (χ1) is 13.0. The van der Waals surface area contributed by atoms with Gasteiger partial charge in [0.1, 0.15) is 5.82 Å². The lowest BCUT2D eigenvalue weighted by Gasteiger charge is -2.32. The quantitative estimate of drug-likeness (QED) is 0.644. The van der Waals surface area contributed by atoms with Crippen molar-refractivity contribution in [3.05, 3.63) is 58.7 Å². The number of hydrogen-bond acceptors (Lipinski definition) is 4. The molecule has 0 amide bonds. The summed E-state index contributed by atoms with van der Waals surface area (Å²) in [4.78, 5) is 6.60. The van der Waals surface area contributed by atoms with Gasteiger partial charge in [-0.05, 0) is 38.4 Å². The molecule has 3 aromatic rings. The zero-order chi connectivity index (χ0) is 19.0. The molecular formula is C20H20F3N3O. The topological polar surface area (TPSA) is 42.2 Å². The van der Waals surface area contributed by atoms with Crippen LogP contribution in [0.4, 0.5) is 13.2 Å². The van der Waals surface area contributed by atoms with Crippen molar-refractivity contribution in [1.82, 2.24) is 15.0 Å². The van der Waals surface area contributed by atoms with Crippen LogP contribution >= 0.6 is 0 Å². The minimum Gasteiger partial charge on any atom is -0.336 e. The van der Waals surface area contributed by atoms with Gasteiger partial charge < -0.3 is 4.52 Å². The summed E-state index contributed by atoms with van der Waals surface area (Å²) >= 11 is 0. The van der Waals surface area contributed by atoms with E-state index in [1.54, 1.807) is 19.1 Å². The molecule has 4 nitrogen and oxygen atoms in total. The minimum atomic E-state index is -2.62. The van der Waals surface area contributed by atoms with E-state index in [1.807, 2.05) is 6.07 Å². The smallest absolute Gasteiger partial charge is 0.264 e. The first-order valence-electron chi connectivity index (χ1n) is 9.03. The van der Waals surface area contributed by atoms with Crippen LogP contribution in [0.2, 0.25) is 0 Å². The Morgan fingerprint density at radius 2 is 2.11 bits per heavy atom. The van der Waals surface area contributed by atoms with Crippen LogP contribution < -0.4 is 0 Å². The predicted octanol–water partition coefficient (Wildman–Crippen LogP) is 4.99. The highest BCUT2D eigenvalue weighted by atomic mass is 19.3. The van der Waals surface area contributed by atoms with E-state index < -0.39 is 6.43 Å². The van der Waals surface area contributed by atoms with E-state index in [4.69, 9.17) is 4.52 Å². The van der Waals surface area contributed by atoms with Crippen molar-refractivity contribution >= 4 is 11.1 Å². The second-order valence-electron chi connectivity index (χ2n) is 7.05. The molecule has 0 spiro atoms. The normalized spacial score (nSPS) is 18.5. The van der Waals surface area contributed by atoms with E-state index in [0.717, 1.165) is 19.4 Å². The fraction of sp³-hybridized carbons (Fsp3) is 0.400. The number of benzene rings is 1. The number of likely N-dealkylation sites (tertiary alicyclic amines) is 1. The number of rotatable bonds is 4. The van der Waals surface area contributed by atoms with Crippen LogP contribution in [0.3, 0.4) is 0 Å². The van der Waals surface area contributed by atoms with E-state index in [1.165, 1.54) is 12.1 Å². The summed E-state index contributed by atoms with van der Waals surface area (Å²) in [6.07, 6.45) is -0.870. The largest absolute Gasteiger partial charge is 0.336 e. The molecule has 0 saturated carbocycles. The molecule has 1 aromatic carbocycles. The Bertz CT molecular complexity index is 957. The Labute approximate surface area is 155 Å². The van der Waals surface area contributed by atoms with Crippen LogP contribution in [-0.4, -0.2) is 28.1 Å². The van der Waals surface area contributed by atoms with Crippen molar-refractivity contribution in [1.29, 1.82) is 0 Å². The third-order valence-electron chi connectivity index (χ3n) is 5.18. The van der Waals surface area contributed by atoms with Crippen LogP contribution in [0.25, 0.3) is 11.1 Å². The van der Waals surface area contributed by atoms with E-state index >= 15 is 0 Å². The van der Waals surface area contributed by atoms with Gasteiger partial charge in [0.05, 0.1) is 11.1 Å². The molecule has 7 heteroatoms. The van der Waals surface area contributed by atoms with Gasteiger partial charge in [0, 0.05) is 35.8 Å². The van der Waals surface area contributed by atoms with E-state index in [2.05, 4.69) is 15.0 Å². The van der Waals surface area contributed by atoms with Crippen LogP contribution in [0.5, 0.6) is 0 Å². The molecule has 142 valence electrons. The molecule has 0 aliphatic carbocycles. The molecule has 1 unspecified atom stereocenters. The van der Waals surface area contributed by atoms with Crippen molar-refractivity contribution in [2.45, 2.75) is 38.7 Å². The second-order valence-corrected chi connectivity index (χ2v) is 7.05. The first kappa shape index (κ1) is 18.0. The molecule has 4 rings (SSSR count). The fourth-order valence-corrected chi connectivity index (χ4v) is 3.84. The number of aryl methyl sites for hydroxylation is 1. The standard InChI is InChI=1S/C20H20F3N3O/c1-12-18-15(19(22)23)9-17(24-20(18)27-25-12)14-6-4-8-26(11-14)10-13-5-2-3-7-16(13)21/h2-3,5,7,9,14,19H,4,6,8,10-11H2,1H3. The Kier molecular flexibility index (Phi) is 4.86. The molecule has 0 N–H and O–H groups in total. The van der Waals surface area contributed by atoms with Crippen molar-refractivity contribution in [2.24, 2.45) is 0 Å². The van der Waals surface area contributed by atoms with Gasteiger partial charge in [0.15, 0.2) is 0 Å². The fourth-order valence-electron chi connectivity index (χ4n) is 3.84. The molecular weight excluding hydrogens is 355 g/mol. The van der Waals surface area contributed by atoms with Crippen LogP contribution in [0.15, 0.2) is 34.9 Å². The number of hydrogen-bond donors (Lipinski definition) is 0. The lowest BCUT2D eigenvalue weighted by Crippen LogP contribution is -2.34. The lowest BCUT2D eigenvalue weighted by atomic mass is 9.92. The zero-order valence-electron chi connectivity index (χ0n) is 15.0. The van der Waals surface area contributed by atoms with Gasteiger partial charge in [-0.3, -0.25) is 4.90 Å². The van der Waals surface area contributed by atoms with E-state index in [0.29, 0.717) is 35.4 Å². The van der Waals surface area contributed by atoms with Crippen LogP contribution in [0, 0.1) is 12.7 Å². The summed E-state index contributed by atoms with van der Waals surface area (Å²) in [5.41, 5.74) is 1.73. The number of nitrogens with zero attached hydrogens (tertiary/aromatic N) is 3. The van der Waals surface area contributed by atoms with Gasteiger partial charge in [-0.25, -0.2) is 18.2 Å². The molecule has 1 atom stereocenters. The van der Waals surface area contributed by atoms with Gasteiger partial charge in [-0.15, -0.1) is 0 Å².